The van der Waals surface area contributed by atoms with Gasteiger partial charge in [0.2, 0.25) is 5.91 Å². The summed E-state index contributed by atoms with van der Waals surface area (Å²) in [6, 6.07) is 12.9. The number of hydrogen-bond acceptors (Lipinski definition) is 2. The molecule has 1 amide bonds. The van der Waals surface area contributed by atoms with Gasteiger partial charge in [0.25, 0.3) is 0 Å². The van der Waals surface area contributed by atoms with E-state index in [4.69, 9.17) is 5.73 Å². The number of para-hydroxylation sites is 1. The van der Waals surface area contributed by atoms with Crippen molar-refractivity contribution in [2.75, 3.05) is 5.32 Å². The number of alkyl halides is 3. The van der Waals surface area contributed by atoms with Gasteiger partial charge in [0.05, 0.1) is 17.3 Å². The molecule has 0 heterocycles. The van der Waals surface area contributed by atoms with Gasteiger partial charge in [-0.2, -0.15) is 13.2 Å². The van der Waals surface area contributed by atoms with Crippen molar-refractivity contribution in [1.82, 2.24) is 0 Å². The van der Waals surface area contributed by atoms with Gasteiger partial charge in [-0.1, -0.05) is 42.5 Å². The topological polar surface area (TPSA) is 55.1 Å². The second-order valence-corrected chi connectivity index (χ2v) is 4.83. The molecule has 3 nitrogen and oxygen atoms in total. The van der Waals surface area contributed by atoms with Crippen molar-refractivity contribution in [3.8, 4) is 0 Å². The van der Waals surface area contributed by atoms with Gasteiger partial charge < -0.3 is 11.1 Å². The maximum Gasteiger partial charge on any atom is 0.418 e. The molecule has 6 heteroatoms. The maximum absolute atomic E-state index is 12.9. The van der Waals surface area contributed by atoms with Gasteiger partial charge in [-0.25, -0.2) is 0 Å². The van der Waals surface area contributed by atoms with E-state index in [1.807, 2.05) is 6.07 Å². The zero-order valence-electron chi connectivity index (χ0n) is 11.6. The average Bonchev–Trinajstić information content (AvgIpc) is 2.47. The summed E-state index contributed by atoms with van der Waals surface area (Å²) in [5, 5.41) is 2.25. The monoisotopic (exact) mass is 308 g/mol. The summed E-state index contributed by atoms with van der Waals surface area (Å²) < 4.78 is 38.6. The van der Waals surface area contributed by atoms with Gasteiger partial charge in [-0.15, -0.1) is 0 Å². The first kappa shape index (κ1) is 16.0. The lowest BCUT2D eigenvalue weighted by atomic mass is 10.1. The molecular formula is C16H15F3N2O. The minimum absolute atomic E-state index is 0.251. The number of rotatable bonds is 4. The molecule has 2 aromatic rings. The molecule has 0 aromatic heterocycles. The van der Waals surface area contributed by atoms with Crippen LogP contribution in [0.5, 0.6) is 0 Å². The summed E-state index contributed by atoms with van der Waals surface area (Å²) in [5.41, 5.74) is 5.42. The van der Waals surface area contributed by atoms with Crippen molar-refractivity contribution in [3.63, 3.8) is 0 Å². The molecule has 3 N–H and O–H groups in total. The number of hydrogen-bond donors (Lipinski definition) is 2. The van der Waals surface area contributed by atoms with Crippen LogP contribution in [0.4, 0.5) is 18.9 Å². The highest BCUT2D eigenvalue weighted by Gasteiger charge is 2.33. The molecule has 0 bridgehead atoms. The molecule has 116 valence electrons. The fraction of sp³-hybridized carbons (Fsp3) is 0.188. The van der Waals surface area contributed by atoms with E-state index in [0.717, 1.165) is 11.6 Å². The third-order valence-electron chi connectivity index (χ3n) is 3.13. The summed E-state index contributed by atoms with van der Waals surface area (Å²) >= 11 is 0. The van der Waals surface area contributed by atoms with Crippen LogP contribution in [0.2, 0.25) is 0 Å². The molecule has 0 unspecified atom stereocenters. The Labute approximate surface area is 125 Å². The lowest BCUT2D eigenvalue weighted by Crippen LogP contribution is -2.37. The normalized spacial score (nSPS) is 12.7. The lowest BCUT2D eigenvalue weighted by Gasteiger charge is -2.16. The second kappa shape index (κ2) is 6.62. The molecule has 0 radical (unpaired) electrons. The highest BCUT2D eigenvalue weighted by molar-refractivity contribution is 5.95. The van der Waals surface area contributed by atoms with E-state index in [-0.39, 0.29) is 12.1 Å². The molecule has 0 fully saturated rings. The van der Waals surface area contributed by atoms with Crippen LogP contribution in [0.15, 0.2) is 54.6 Å². The van der Waals surface area contributed by atoms with Crippen LogP contribution < -0.4 is 11.1 Å². The first-order valence-electron chi connectivity index (χ1n) is 6.64. The van der Waals surface area contributed by atoms with E-state index in [1.54, 1.807) is 24.3 Å². The molecule has 2 rings (SSSR count). The average molecular weight is 308 g/mol. The number of benzene rings is 2. The van der Waals surface area contributed by atoms with Gasteiger partial charge in [0, 0.05) is 0 Å². The molecule has 0 aliphatic carbocycles. The first-order chi connectivity index (χ1) is 10.4. The van der Waals surface area contributed by atoms with Crippen LogP contribution in [0.1, 0.15) is 11.1 Å². The Morgan fingerprint density at radius 2 is 1.64 bits per heavy atom. The number of carbonyl (C=O) groups is 1. The Hall–Kier alpha value is -2.34. The highest BCUT2D eigenvalue weighted by Crippen LogP contribution is 2.34. The number of nitrogens with two attached hydrogens (primary N) is 1. The number of amides is 1. The standard InChI is InChI=1S/C16H15F3N2O/c17-16(18,19)12-8-4-5-9-14(12)21-15(22)13(20)10-11-6-2-1-3-7-11/h1-9,13H,10,20H2,(H,21,22)/t13-/m0/s1. The zero-order chi connectivity index (χ0) is 16.2. The quantitative estimate of drug-likeness (QED) is 0.911. The van der Waals surface area contributed by atoms with Gasteiger partial charge in [0.15, 0.2) is 0 Å². The Kier molecular flexibility index (Phi) is 4.82. The third kappa shape index (κ3) is 4.08. The van der Waals surface area contributed by atoms with Crippen LogP contribution in [0.3, 0.4) is 0 Å². The number of carbonyl (C=O) groups excluding carboxylic acids is 1. The van der Waals surface area contributed by atoms with Gasteiger partial charge in [-0.3, -0.25) is 4.79 Å². The SMILES string of the molecule is N[C@@H](Cc1ccccc1)C(=O)Nc1ccccc1C(F)(F)F. The number of anilines is 1. The molecule has 22 heavy (non-hydrogen) atoms. The van der Waals surface area contributed by atoms with Crippen LogP contribution >= 0.6 is 0 Å². The first-order valence-corrected chi connectivity index (χ1v) is 6.64. The van der Waals surface area contributed by atoms with E-state index in [9.17, 15) is 18.0 Å². The van der Waals surface area contributed by atoms with Crippen LogP contribution in [0.25, 0.3) is 0 Å². The van der Waals surface area contributed by atoms with Crippen LogP contribution in [-0.4, -0.2) is 11.9 Å². The molecular weight excluding hydrogens is 293 g/mol. The summed E-state index contributed by atoms with van der Waals surface area (Å²) in [6.07, 6.45) is -4.28. The Balaban J connectivity index is 2.09. The lowest BCUT2D eigenvalue weighted by molar-refractivity contribution is -0.137. The minimum atomic E-state index is -4.53. The van der Waals surface area contributed by atoms with Crippen molar-refractivity contribution < 1.29 is 18.0 Å². The fourth-order valence-electron chi connectivity index (χ4n) is 2.03. The van der Waals surface area contributed by atoms with Crippen molar-refractivity contribution >= 4 is 11.6 Å². The summed E-state index contributed by atoms with van der Waals surface area (Å²) in [7, 11) is 0. The molecule has 0 aliphatic heterocycles. The van der Waals surface area contributed by atoms with Gasteiger partial charge in [-0.05, 0) is 24.1 Å². The third-order valence-corrected chi connectivity index (χ3v) is 3.13. The second-order valence-electron chi connectivity index (χ2n) is 4.83. The molecule has 1 atom stereocenters. The van der Waals surface area contributed by atoms with Crippen LogP contribution in [-0.2, 0) is 17.4 Å². The largest absolute Gasteiger partial charge is 0.418 e. The smallest absolute Gasteiger partial charge is 0.324 e. The minimum Gasteiger partial charge on any atom is -0.324 e. The molecule has 2 aromatic carbocycles. The molecule has 0 spiro atoms. The Bertz CT molecular complexity index is 641. The Morgan fingerprint density at radius 1 is 1.05 bits per heavy atom. The Morgan fingerprint density at radius 3 is 2.27 bits per heavy atom. The van der Waals surface area contributed by atoms with Gasteiger partial charge in [0.1, 0.15) is 0 Å². The molecule has 0 saturated heterocycles. The summed E-state index contributed by atoms with van der Waals surface area (Å²) in [4.78, 5) is 12.0. The van der Waals surface area contributed by atoms with Crippen molar-refractivity contribution in [2.45, 2.75) is 18.6 Å². The number of halogens is 3. The molecule has 0 aliphatic rings. The van der Waals surface area contributed by atoms with E-state index in [1.165, 1.54) is 18.2 Å². The predicted molar refractivity (Wildman–Crippen MR) is 78.2 cm³/mol. The van der Waals surface area contributed by atoms with Gasteiger partial charge >= 0.3 is 6.18 Å². The number of nitrogens with one attached hydrogen (secondary N) is 1. The van der Waals surface area contributed by atoms with Crippen molar-refractivity contribution in [1.29, 1.82) is 0 Å². The van der Waals surface area contributed by atoms with Crippen molar-refractivity contribution in [3.05, 3.63) is 65.7 Å². The predicted octanol–water partition coefficient (Wildman–Crippen LogP) is 3.21. The molecule has 0 saturated carbocycles. The van der Waals surface area contributed by atoms with E-state index in [2.05, 4.69) is 5.32 Å². The fourth-order valence-corrected chi connectivity index (χ4v) is 2.03. The van der Waals surface area contributed by atoms with E-state index < -0.39 is 23.7 Å². The maximum atomic E-state index is 12.9. The van der Waals surface area contributed by atoms with E-state index >= 15 is 0 Å². The van der Waals surface area contributed by atoms with Crippen LogP contribution in [0, 0.1) is 0 Å². The highest BCUT2D eigenvalue weighted by atomic mass is 19.4. The van der Waals surface area contributed by atoms with E-state index in [0.29, 0.717) is 0 Å². The zero-order valence-corrected chi connectivity index (χ0v) is 11.6. The summed E-state index contributed by atoms with van der Waals surface area (Å²) in [6.45, 7) is 0. The summed E-state index contributed by atoms with van der Waals surface area (Å²) in [5.74, 6) is -0.652. The van der Waals surface area contributed by atoms with Crippen molar-refractivity contribution in [2.24, 2.45) is 5.73 Å².